The van der Waals surface area contributed by atoms with Gasteiger partial charge in [0.2, 0.25) is 11.9 Å². The van der Waals surface area contributed by atoms with Crippen molar-refractivity contribution in [1.82, 2.24) is 15.0 Å². The van der Waals surface area contributed by atoms with E-state index in [2.05, 4.69) is 15.0 Å². The molecule has 0 amide bonds. The zero-order valence-corrected chi connectivity index (χ0v) is 10.5. The number of aliphatic hydroxyl groups excluding tert-OH is 1. The average Bonchev–Trinajstić information content (AvgIpc) is 2.36. The third-order valence-electron chi connectivity index (χ3n) is 2.74. The summed E-state index contributed by atoms with van der Waals surface area (Å²) in [5.74, 6) is 0.624. The molecule has 7 heteroatoms. The highest BCUT2D eigenvalue weighted by atomic mass is 16.5. The molecule has 1 unspecified atom stereocenters. The Morgan fingerprint density at radius 3 is 3.00 bits per heavy atom. The van der Waals surface area contributed by atoms with Crippen LogP contribution in [-0.4, -0.2) is 45.9 Å². The zero-order valence-electron chi connectivity index (χ0n) is 10.5. The van der Waals surface area contributed by atoms with Crippen molar-refractivity contribution >= 4 is 11.9 Å². The second-order valence-electron chi connectivity index (χ2n) is 4.37. The maximum absolute atomic E-state index is 9.65. The van der Waals surface area contributed by atoms with Crippen molar-refractivity contribution in [2.75, 3.05) is 30.3 Å². The van der Waals surface area contributed by atoms with Gasteiger partial charge < -0.3 is 20.5 Å². The summed E-state index contributed by atoms with van der Waals surface area (Å²) in [6.07, 6.45) is 2.27. The fourth-order valence-corrected chi connectivity index (χ4v) is 1.90. The van der Waals surface area contributed by atoms with Crippen LogP contribution < -0.4 is 15.4 Å². The number of nitrogen functional groups attached to an aromatic ring is 1. The van der Waals surface area contributed by atoms with Crippen molar-refractivity contribution in [3.05, 3.63) is 0 Å². The number of rotatable bonds is 4. The topological polar surface area (TPSA) is 97.4 Å². The fourth-order valence-electron chi connectivity index (χ4n) is 1.90. The summed E-state index contributed by atoms with van der Waals surface area (Å²) in [5.41, 5.74) is 5.64. The second kappa shape index (κ2) is 5.81. The summed E-state index contributed by atoms with van der Waals surface area (Å²) in [6.45, 7) is 3.89. The molecule has 1 aliphatic rings. The first-order chi connectivity index (χ1) is 8.69. The van der Waals surface area contributed by atoms with Crippen LogP contribution in [0.15, 0.2) is 0 Å². The van der Waals surface area contributed by atoms with Gasteiger partial charge in [0.05, 0.1) is 12.7 Å². The molecule has 1 saturated heterocycles. The molecule has 0 spiro atoms. The number of β-amino-alcohol motifs (C(OH)–C–C–N with tert-alkyl or cyclic N) is 1. The van der Waals surface area contributed by atoms with Crippen LogP contribution in [0, 0.1) is 0 Å². The fraction of sp³-hybridized carbons (Fsp3) is 0.727. The Labute approximate surface area is 106 Å². The van der Waals surface area contributed by atoms with Gasteiger partial charge in [-0.2, -0.15) is 15.0 Å². The first-order valence-electron chi connectivity index (χ1n) is 6.26. The van der Waals surface area contributed by atoms with E-state index in [4.69, 9.17) is 10.5 Å². The Kier molecular flexibility index (Phi) is 4.14. The van der Waals surface area contributed by atoms with Crippen LogP contribution in [0.2, 0.25) is 0 Å². The summed E-state index contributed by atoms with van der Waals surface area (Å²) in [6, 6.07) is 0.249. The van der Waals surface area contributed by atoms with Crippen molar-refractivity contribution in [2.24, 2.45) is 0 Å². The smallest absolute Gasteiger partial charge is 0.323 e. The van der Waals surface area contributed by atoms with E-state index in [1.165, 1.54) is 0 Å². The van der Waals surface area contributed by atoms with Crippen molar-refractivity contribution in [3.63, 3.8) is 0 Å². The summed E-state index contributed by atoms with van der Waals surface area (Å²) in [4.78, 5) is 14.1. The Hall–Kier alpha value is -1.63. The van der Waals surface area contributed by atoms with E-state index in [9.17, 15) is 5.11 Å². The van der Waals surface area contributed by atoms with E-state index >= 15 is 0 Å². The molecule has 100 valence electrons. The van der Waals surface area contributed by atoms with Crippen LogP contribution >= 0.6 is 0 Å². The predicted octanol–water partition coefficient (Wildman–Crippen LogP) is 0.204. The van der Waals surface area contributed by atoms with Gasteiger partial charge in [-0.05, 0) is 19.3 Å². The molecule has 0 aliphatic carbocycles. The van der Waals surface area contributed by atoms with Crippen LogP contribution in [0.3, 0.4) is 0 Å². The molecule has 3 N–H and O–H groups in total. The van der Waals surface area contributed by atoms with Gasteiger partial charge in [0.25, 0.3) is 0 Å². The third-order valence-corrected chi connectivity index (χ3v) is 2.74. The summed E-state index contributed by atoms with van der Waals surface area (Å²) >= 11 is 0. The SMILES string of the molecule is CCCOc1nc(N)nc(N2CCCC(O)C2)n1. The Morgan fingerprint density at radius 1 is 1.44 bits per heavy atom. The normalized spacial score (nSPS) is 19.9. The molecule has 1 aromatic rings. The highest BCUT2D eigenvalue weighted by molar-refractivity contribution is 5.36. The molecule has 2 rings (SSSR count). The lowest BCUT2D eigenvalue weighted by Crippen LogP contribution is -2.39. The number of nitrogens with zero attached hydrogens (tertiary/aromatic N) is 4. The van der Waals surface area contributed by atoms with Gasteiger partial charge in [0.1, 0.15) is 0 Å². The van der Waals surface area contributed by atoms with Crippen LogP contribution in [0.25, 0.3) is 0 Å². The molecular weight excluding hydrogens is 234 g/mol. The lowest BCUT2D eigenvalue weighted by molar-refractivity contribution is 0.153. The first kappa shape index (κ1) is 12.8. The van der Waals surface area contributed by atoms with Gasteiger partial charge in [-0.25, -0.2) is 0 Å². The van der Waals surface area contributed by atoms with Crippen molar-refractivity contribution in [3.8, 4) is 6.01 Å². The lowest BCUT2D eigenvalue weighted by Gasteiger charge is -2.29. The summed E-state index contributed by atoms with van der Waals surface area (Å²) < 4.78 is 5.36. The molecule has 1 atom stereocenters. The molecule has 1 aromatic heterocycles. The standard InChI is InChI=1S/C11H19N5O2/c1-2-6-18-11-14-9(12)13-10(15-11)16-5-3-4-8(17)7-16/h8,17H,2-7H2,1H3,(H2,12,13,14,15). The molecule has 2 heterocycles. The van der Waals surface area contributed by atoms with E-state index in [0.717, 1.165) is 25.8 Å². The number of aliphatic hydroxyl groups is 1. The number of aromatic nitrogens is 3. The Bertz CT molecular complexity index is 401. The lowest BCUT2D eigenvalue weighted by atomic mass is 10.1. The molecule has 1 fully saturated rings. The maximum Gasteiger partial charge on any atom is 0.323 e. The van der Waals surface area contributed by atoms with Crippen LogP contribution in [-0.2, 0) is 0 Å². The van der Waals surface area contributed by atoms with Gasteiger partial charge in [-0.1, -0.05) is 6.92 Å². The molecule has 0 saturated carbocycles. The van der Waals surface area contributed by atoms with E-state index < -0.39 is 0 Å². The molecular formula is C11H19N5O2. The molecule has 7 nitrogen and oxygen atoms in total. The largest absolute Gasteiger partial charge is 0.463 e. The predicted molar refractivity (Wildman–Crippen MR) is 67.5 cm³/mol. The van der Waals surface area contributed by atoms with Gasteiger partial charge in [-0.3, -0.25) is 0 Å². The van der Waals surface area contributed by atoms with Gasteiger partial charge in [0, 0.05) is 13.1 Å². The average molecular weight is 253 g/mol. The zero-order chi connectivity index (χ0) is 13.0. The number of hydrogen-bond acceptors (Lipinski definition) is 7. The number of piperidine rings is 1. The second-order valence-corrected chi connectivity index (χ2v) is 4.37. The third kappa shape index (κ3) is 3.19. The van der Waals surface area contributed by atoms with Gasteiger partial charge in [0.15, 0.2) is 0 Å². The number of nitrogens with two attached hydrogens (primary N) is 1. The molecule has 0 bridgehead atoms. The number of anilines is 2. The quantitative estimate of drug-likeness (QED) is 0.791. The monoisotopic (exact) mass is 253 g/mol. The molecule has 18 heavy (non-hydrogen) atoms. The van der Waals surface area contributed by atoms with E-state index in [1.54, 1.807) is 0 Å². The van der Waals surface area contributed by atoms with Gasteiger partial charge >= 0.3 is 6.01 Å². The maximum atomic E-state index is 9.65. The first-order valence-corrected chi connectivity index (χ1v) is 6.26. The Balaban J connectivity index is 2.13. The number of hydrogen-bond donors (Lipinski definition) is 2. The minimum Gasteiger partial charge on any atom is -0.463 e. The highest BCUT2D eigenvalue weighted by Crippen LogP contribution is 2.18. The van der Waals surface area contributed by atoms with Gasteiger partial charge in [-0.15, -0.1) is 0 Å². The van der Waals surface area contributed by atoms with Crippen molar-refractivity contribution in [2.45, 2.75) is 32.3 Å². The number of ether oxygens (including phenoxy) is 1. The Morgan fingerprint density at radius 2 is 2.28 bits per heavy atom. The van der Waals surface area contributed by atoms with Crippen molar-refractivity contribution < 1.29 is 9.84 Å². The van der Waals surface area contributed by atoms with Crippen molar-refractivity contribution in [1.29, 1.82) is 0 Å². The minimum absolute atomic E-state index is 0.145. The summed E-state index contributed by atoms with van der Waals surface area (Å²) in [7, 11) is 0. The summed E-state index contributed by atoms with van der Waals surface area (Å²) in [5, 5.41) is 9.65. The molecule has 1 aliphatic heterocycles. The highest BCUT2D eigenvalue weighted by Gasteiger charge is 2.21. The van der Waals surface area contributed by atoms with E-state index in [1.807, 2.05) is 11.8 Å². The van der Waals surface area contributed by atoms with Crippen LogP contribution in [0.5, 0.6) is 6.01 Å². The molecule has 0 aromatic carbocycles. The van der Waals surface area contributed by atoms with Crippen LogP contribution in [0.1, 0.15) is 26.2 Å². The van der Waals surface area contributed by atoms with Crippen LogP contribution in [0.4, 0.5) is 11.9 Å². The van der Waals surface area contributed by atoms with E-state index in [0.29, 0.717) is 19.1 Å². The minimum atomic E-state index is -0.336. The molecule has 0 radical (unpaired) electrons. The van der Waals surface area contributed by atoms with E-state index in [-0.39, 0.29) is 18.1 Å².